The van der Waals surface area contributed by atoms with E-state index in [-0.39, 0.29) is 17.6 Å². The summed E-state index contributed by atoms with van der Waals surface area (Å²) in [4.78, 5) is 13.3. The van der Waals surface area contributed by atoms with Gasteiger partial charge >= 0.3 is 0 Å². The molecule has 0 radical (unpaired) electrons. The molecular weight excluding hydrogens is 336 g/mol. The molecule has 142 valence electrons. The van der Waals surface area contributed by atoms with Crippen LogP contribution in [0.25, 0.3) is 0 Å². The Balaban J connectivity index is 1.86. The average Bonchev–Trinajstić information content (AvgIpc) is 2.69. The molecule has 6 nitrogen and oxygen atoms in total. The highest BCUT2D eigenvalue weighted by Crippen LogP contribution is 2.74. The third-order valence-electron chi connectivity index (χ3n) is 8.29. The van der Waals surface area contributed by atoms with E-state index in [4.69, 9.17) is 4.74 Å². The summed E-state index contributed by atoms with van der Waals surface area (Å²) in [6, 6.07) is 0. The van der Waals surface area contributed by atoms with Crippen molar-refractivity contribution in [1.82, 2.24) is 0 Å². The van der Waals surface area contributed by atoms with Gasteiger partial charge in [-0.15, -0.1) is 0 Å². The number of ketones is 1. The Morgan fingerprint density at radius 3 is 2.62 bits per heavy atom. The summed E-state index contributed by atoms with van der Waals surface area (Å²) in [6.07, 6.45) is 0.133. The molecule has 0 aromatic heterocycles. The molecule has 8 unspecified atom stereocenters. The molecule has 4 N–H and O–H groups in total. The van der Waals surface area contributed by atoms with E-state index in [1.807, 2.05) is 19.9 Å². The van der Waals surface area contributed by atoms with E-state index in [9.17, 15) is 25.2 Å². The van der Waals surface area contributed by atoms with Gasteiger partial charge in [-0.1, -0.05) is 26.5 Å². The summed E-state index contributed by atoms with van der Waals surface area (Å²) in [5.74, 6) is -3.64. The maximum Gasteiger partial charge on any atom is 0.212 e. The zero-order chi connectivity index (χ0) is 18.9. The van der Waals surface area contributed by atoms with E-state index >= 15 is 0 Å². The van der Waals surface area contributed by atoms with Crippen LogP contribution < -0.4 is 0 Å². The second kappa shape index (κ2) is 4.50. The second-order valence-corrected chi connectivity index (χ2v) is 9.56. The van der Waals surface area contributed by atoms with Gasteiger partial charge in [-0.3, -0.25) is 4.79 Å². The van der Waals surface area contributed by atoms with Crippen molar-refractivity contribution in [2.45, 2.75) is 57.2 Å². The van der Waals surface area contributed by atoms with Crippen molar-refractivity contribution < 1.29 is 30.0 Å². The smallest absolute Gasteiger partial charge is 0.212 e. The standard InChI is InChI=1S/C20H26O6/c1-9-10-4-5-11-18-8-26-20(25,19(11,14(9)22)15(10)23)16(24)13(18)17(2,3)7-6-12(18)21/h5,10,12-13,15-16,21,23-25H,1,4,6-8H2,2-3H3. The number of fused-ring (bicyclic) bond motifs is 2. The predicted octanol–water partition coefficient (Wildman–Crippen LogP) is 0.296. The summed E-state index contributed by atoms with van der Waals surface area (Å²) in [7, 11) is 0. The summed E-state index contributed by atoms with van der Waals surface area (Å²) < 4.78 is 5.76. The number of hydrogen-bond donors (Lipinski definition) is 4. The van der Waals surface area contributed by atoms with Gasteiger partial charge in [0, 0.05) is 17.3 Å². The molecule has 2 aliphatic heterocycles. The minimum absolute atomic E-state index is 0.0283. The van der Waals surface area contributed by atoms with Crippen LogP contribution in [0.2, 0.25) is 0 Å². The van der Waals surface area contributed by atoms with Gasteiger partial charge in [-0.05, 0) is 35.8 Å². The molecule has 4 aliphatic carbocycles. The molecule has 6 heteroatoms. The summed E-state index contributed by atoms with van der Waals surface area (Å²) in [5, 5.41) is 45.0. The van der Waals surface area contributed by atoms with Crippen LogP contribution >= 0.6 is 0 Å². The van der Waals surface area contributed by atoms with Crippen molar-refractivity contribution in [2.75, 3.05) is 6.61 Å². The first kappa shape index (κ1) is 17.1. The zero-order valence-electron chi connectivity index (χ0n) is 15.1. The van der Waals surface area contributed by atoms with E-state index in [0.717, 1.165) is 0 Å². The first-order valence-electron chi connectivity index (χ1n) is 9.42. The van der Waals surface area contributed by atoms with Gasteiger partial charge in [0.15, 0.2) is 5.78 Å². The molecular formula is C20H26O6. The molecule has 3 saturated carbocycles. The molecule has 5 fully saturated rings. The van der Waals surface area contributed by atoms with Crippen LogP contribution in [0.3, 0.4) is 0 Å². The molecule has 2 saturated heterocycles. The van der Waals surface area contributed by atoms with Crippen molar-refractivity contribution >= 4 is 5.78 Å². The van der Waals surface area contributed by atoms with Crippen molar-refractivity contribution in [2.24, 2.45) is 28.1 Å². The summed E-state index contributed by atoms with van der Waals surface area (Å²) in [5.41, 5.74) is -2.30. The van der Waals surface area contributed by atoms with Gasteiger partial charge in [0.1, 0.15) is 11.5 Å². The van der Waals surface area contributed by atoms with Gasteiger partial charge in [-0.2, -0.15) is 0 Å². The van der Waals surface area contributed by atoms with Crippen molar-refractivity contribution in [3.8, 4) is 0 Å². The number of aliphatic hydroxyl groups is 4. The van der Waals surface area contributed by atoms with Crippen LogP contribution in [0.1, 0.15) is 33.1 Å². The van der Waals surface area contributed by atoms with Crippen LogP contribution in [-0.4, -0.2) is 56.9 Å². The monoisotopic (exact) mass is 362 g/mol. The molecule has 2 spiro atoms. The number of carbonyl (C=O) groups excluding carboxylic acids is 1. The lowest BCUT2D eigenvalue weighted by atomic mass is 9.38. The third kappa shape index (κ3) is 1.37. The quantitative estimate of drug-likeness (QED) is 0.365. The Bertz CT molecular complexity index is 770. The van der Waals surface area contributed by atoms with Gasteiger partial charge in [0.05, 0.1) is 18.8 Å². The lowest BCUT2D eigenvalue weighted by Gasteiger charge is -2.72. The van der Waals surface area contributed by atoms with Gasteiger partial charge in [0.25, 0.3) is 0 Å². The van der Waals surface area contributed by atoms with Crippen molar-refractivity contribution in [1.29, 1.82) is 0 Å². The molecule has 0 aromatic carbocycles. The number of rotatable bonds is 0. The van der Waals surface area contributed by atoms with Crippen molar-refractivity contribution in [3.63, 3.8) is 0 Å². The Hall–Kier alpha value is -1.05. The molecule has 4 bridgehead atoms. The van der Waals surface area contributed by atoms with Gasteiger partial charge in [-0.25, -0.2) is 0 Å². The SMILES string of the molecule is C=C1C(=O)C23C(=CCC1C2O)C12COC3(O)C(O)C1C(C)(C)CCC2O. The molecule has 26 heavy (non-hydrogen) atoms. The first-order chi connectivity index (χ1) is 12.1. The molecule has 8 atom stereocenters. The van der Waals surface area contributed by atoms with Gasteiger partial charge in [0.2, 0.25) is 5.79 Å². The highest BCUT2D eigenvalue weighted by Gasteiger charge is 2.85. The number of hydrogen-bond acceptors (Lipinski definition) is 6. The Kier molecular flexibility index (Phi) is 2.95. The maximum atomic E-state index is 13.3. The Morgan fingerprint density at radius 2 is 1.92 bits per heavy atom. The molecule has 6 rings (SSSR count). The predicted molar refractivity (Wildman–Crippen MR) is 90.6 cm³/mol. The number of ether oxygens (including phenoxy) is 1. The molecule has 0 amide bonds. The Labute approximate surface area is 152 Å². The number of Topliss-reactive ketones (excluding diaryl/α,β-unsaturated/α-hetero) is 1. The lowest BCUT2D eigenvalue weighted by Crippen LogP contribution is -2.82. The summed E-state index contributed by atoms with van der Waals surface area (Å²) >= 11 is 0. The van der Waals surface area contributed by atoms with Crippen molar-refractivity contribution in [3.05, 3.63) is 23.8 Å². The summed E-state index contributed by atoms with van der Waals surface area (Å²) in [6.45, 7) is 7.91. The fourth-order valence-corrected chi connectivity index (χ4v) is 7.17. The number of aliphatic hydroxyl groups excluding tert-OH is 3. The van der Waals surface area contributed by atoms with Crippen LogP contribution in [0, 0.1) is 28.1 Å². The molecule has 6 aliphatic rings. The maximum absolute atomic E-state index is 13.3. The number of allylic oxidation sites excluding steroid dienone is 1. The largest absolute Gasteiger partial charge is 0.392 e. The third-order valence-corrected chi connectivity index (χ3v) is 8.29. The normalized spacial score (nSPS) is 56.8. The van der Waals surface area contributed by atoms with E-state index in [0.29, 0.717) is 24.8 Å². The zero-order valence-corrected chi connectivity index (χ0v) is 15.1. The van der Waals surface area contributed by atoms with Crippen LogP contribution in [0.4, 0.5) is 0 Å². The topological polar surface area (TPSA) is 107 Å². The second-order valence-electron chi connectivity index (χ2n) is 9.56. The first-order valence-corrected chi connectivity index (χ1v) is 9.42. The van der Waals surface area contributed by atoms with Crippen LogP contribution in [-0.2, 0) is 9.53 Å². The van der Waals surface area contributed by atoms with E-state index in [2.05, 4.69) is 6.58 Å². The molecule has 2 heterocycles. The van der Waals surface area contributed by atoms with E-state index in [1.165, 1.54) is 0 Å². The number of carbonyl (C=O) groups is 1. The minimum atomic E-state index is -2.21. The van der Waals surface area contributed by atoms with Crippen LogP contribution in [0.5, 0.6) is 0 Å². The Morgan fingerprint density at radius 1 is 1.23 bits per heavy atom. The lowest BCUT2D eigenvalue weighted by molar-refractivity contribution is -0.411. The van der Waals surface area contributed by atoms with Crippen LogP contribution in [0.15, 0.2) is 23.8 Å². The fraction of sp³-hybridized carbons (Fsp3) is 0.750. The minimum Gasteiger partial charge on any atom is -0.392 e. The van der Waals surface area contributed by atoms with E-state index in [1.54, 1.807) is 0 Å². The highest BCUT2D eigenvalue weighted by atomic mass is 16.6. The van der Waals surface area contributed by atoms with E-state index < -0.39 is 52.5 Å². The highest BCUT2D eigenvalue weighted by molar-refractivity contribution is 6.07. The van der Waals surface area contributed by atoms with Gasteiger partial charge < -0.3 is 25.2 Å². The molecule has 0 aromatic rings. The average molecular weight is 362 g/mol. The fourth-order valence-electron chi connectivity index (χ4n) is 7.17.